The molecule has 2 aromatic carbocycles. The van der Waals surface area contributed by atoms with Crippen LogP contribution in [0.15, 0.2) is 54.6 Å². The van der Waals surface area contributed by atoms with Gasteiger partial charge in [-0.1, -0.05) is 36.4 Å². The number of hydrogen-bond donors (Lipinski definition) is 2. The summed E-state index contributed by atoms with van der Waals surface area (Å²) in [5.41, 5.74) is 2.19. The van der Waals surface area contributed by atoms with Crippen molar-refractivity contribution >= 4 is 17.6 Å². The van der Waals surface area contributed by atoms with E-state index in [-0.39, 0.29) is 6.42 Å². The molecule has 1 amide bonds. The molecule has 0 aliphatic rings. The number of nitrogens with zero attached hydrogens (tertiary/aromatic N) is 1. The van der Waals surface area contributed by atoms with Gasteiger partial charge in [-0.2, -0.15) is 0 Å². The average molecular weight is 312 g/mol. The zero-order valence-electron chi connectivity index (χ0n) is 13.2. The fourth-order valence-electron chi connectivity index (χ4n) is 2.22. The third kappa shape index (κ3) is 4.57. The van der Waals surface area contributed by atoms with Crippen LogP contribution in [-0.4, -0.2) is 37.1 Å². The summed E-state index contributed by atoms with van der Waals surface area (Å²) in [6, 6.07) is 15.3. The smallest absolute Gasteiger partial charge is 0.326 e. The van der Waals surface area contributed by atoms with Gasteiger partial charge in [-0.25, -0.2) is 4.79 Å². The van der Waals surface area contributed by atoms with Crippen molar-refractivity contribution < 1.29 is 14.7 Å². The van der Waals surface area contributed by atoms with Gasteiger partial charge in [-0.05, 0) is 23.8 Å². The van der Waals surface area contributed by atoms with Gasteiger partial charge >= 0.3 is 5.97 Å². The minimum Gasteiger partial charge on any atom is -0.480 e. The van der Waals surface area contributed by atoms with Crippen molar-refractivity contribution in [2.24, 2.45) is 0 Å². The van der Waals surface area contributed by atoms with Gasteiger partial charge in [0, 0.05) is 31.8 Å². The lowest BCUT2D eigenvalue weighted by atomic mass is 10.1. The number of amides is 1. The van der Waals surface area contributed by atoms with Gasteiger partial charge < -0.3 is 15.3 Å². The summed E-state index contributed by atoms with van der Waals surface area (Å²) in [6.45, 7) is 0. The summed E-state index contributed by atoms with van der Waals surface area (Å²) in [6.07, 6.45) is 0.245. The van der Waals surface area contributed by atoms with Crippen LogP contribution in [0.25, 0.3) is 0 Å². The Labute approximate surface area is 135 Å². The first kappa shape index (κ1) is 16.5. The van der Waals surface area contributed by atoms with Crippen LogP contribution in [0.5, 0.6) is 0 Å². The fourth-order valence-corrected chi connectivity index (χ4v) is 2.22. The molecule has 0 fully saturated rings. The Balaban J connectivity index is 2.12. The van der Waals surface area contributed by atoms with E-state index in [1.54, 1.807) is 18.2 Å². The van der Waals surface area contributed by atoms with Crippen molar-refractivity contribution in [3.8, 4) is 0 Å². The Bertz CT molecular complexity index is 684. The van der Waals surface area contributed by atoms with Crippen molar-refractivity contribution in [1.82, 2.24) is 5.32 Å². The van der Waals surface area contributed by atoms with Crippen molar-refractivity contribution in [3.05, 3.63) is 65.7 Å². The van der Waals surface area contributed by atoms with Crippen molar-refractivity contribution in [2.75, 3.05) is 19.0 Å². The molecule has 2 N–H and O–H groups in total. The maximum atomic E-state index is 12.3. The van der Waals surface area contributed by atoms with Crippen molar-refractivity contribution in [2.45, 2.75) is 12.5 Å². The van der Waals surface area contributed by atoms with E-state index in [4.69, 9.17) is 0 Å². The third-order valence-corrected chi connectivity index (χ3v) is 3.51. The predicted octanol–water partition coefficient (Wildman–Crippen LogP) is 2.18. The minimum atomic E-state index is -1.05. The van der Waals surface area contributed by atoms with Gasteiger partial charge in [0.1, 0.15) is 6.04 Å². The first-order chi connectivity index (χ1) is 11.0. The first-order valence-corrected chi connectivity index (χ1v) is 7.32. The summed E-state index contributed by atoms with van der Waals surface area (Å²) in [5.74, 6) is -1.44. The molecule has 0 saturated carbocycles. The van der Waals surface area contributed by atoms with Gasteiger partial charge in [-0.3, -0.25) is 4.79 Å². The topological polar surface area (TPSA) is 69.6 Å². The number of rotatable bonds is 6. The molecule has 0 bridgehead atoms. The minimum absolute atomic E-state index is 0.245. The Kier molecular flexibility index (Phi) is 5.36. The monoisotopic (exact) mass is 312 g/mol. The number of nitrogens with one attached hydrogen (secondary N) is 1. The Morgan fingerprint density at radius 1 is 1.09 bits per heavy atom. The van der Waals surface area contributed by atoms with E-state index >= 15 is 0 Å². The van der Waals surface area contributed by atoms with Crippen LogP contribution in [0.3, 0.4) is 0 Å². The highest BCUT2D eigenvalue weighted by Gasteiger charge is 2.21. The molecule has 0 saturated heterocycles. The highest BCUT2D eigenvalue weighted by Crippen LogP contribution is 2.14. The lowest BCUT2D eigenvalue weighted by Gasteiger charge is -2.16. The van der Waals surface area contributed by atoms with E-state index in [0.717, 1.165) is 11.3 Å². The highest BCUT2D eigenvalue weighted by molar-refractivity contribution is 5.97. The number of anilines is 1. The van der Waals surface area contributed by atoms with Crippen LogP contribution < -0.4 is 10.2 Å². The molecule has 2 rings (SSSR count). The molecule has 0 unspecified atom stereocenters. The molecule has 0 aliphatic carbocycles. The second-order valence-corrected chi connectivity index (χ2v) is 5.50. The summed E-state index contributed by atoms with van der Waals surface area (Å²) >= 11 is 0. The number of hydrogen-bond acceptors (Lipinski definition) is 3. The normalized spacial score (nSPS) is 11.6. The number of carbonyl (C=O) groups is 2. The van der Waals surface area contributed by atoms with E-state index in [0.29, 0.717) is 5.56 Å². The standard InChI is InChI=1S/C18H20N2O3/c1-20(2)15-10-6-9-14(12-15)17(21)19-16(18(22)23)11-13-7-4-3-5-8-13/h3-10,12,16H,11H2,1-2H3,(H,19,21)(H,22,23)/t16-/m0/s1. The summed E-state index contributed by atoms with van der Waals surface area (Å²) < 4.78 is 0. The second kappa shape index (κ2) is 7.45. The van der Waals surface area contributed by atoms with Gasteiger partial charge in [0.2, 0.25) is 0 Å². The zero-order chi connectivity index (χ0) is 16.8. The molecule has 120 valence electrons. The molecule has 0 aliphatic heterocycles. The predicted molar refractivity (Wildman–Crippen MR) is 89.8 cm³/mol. The number of aliphatic carboxylic acids is 1. The lowest BCUT2D eigenvalue weighted by molar-refractivity contribution is -0.139. The molecule has 1 atom stereocenters. The van der Waals surface area contributed by atoms with Gasteiger partial charge in [0.05, 0.1) is 0 Å². The van der Waals surface area contributed by atoms with Crippen molar-refractivity contribution in [3.63, 3.8) is 0 Å². The quantitative estimate of drug-likeness (QED) is 0.858. The number of carboxylic acid groups (broad SMARTS) is 1. The van der Waals surface area contributed by atoms with Crippen LogP contribution in [0.1, 0.15) is 15.9 Å². The molecule has 0 heterocycles. The van der Waals surface area contributed by atoms with E-state index in [1.165, 1.54) is 0 Å². The van der Waals surface area contributed by atoms with Crippen LogP contribution in [0.4, 0.5) is 5.69 Å². The molecule has 0 radical (unpaired) electrons. The molecule has 23 heavy (non-hydrogen) atoms. The summed E-state index contributed by atoms with van der Waals surface area (Å²) in [5, 5.41) is 11.9. The molecule has 0 spiro atoms. The van der Waals surface area contributed by atoms with Gasteiger partial charge in [0.15, 0.2) is 0 Å². The van der Waals surface area contributed by atoms with Crippen LogP contribution in [-0.2, 0) is 11.2 Å². The number of carboxylic acids is 1. The van der Waals surface area contributed by atoms with E-state index < -0.39 is 17.9 Å². The molecular formula is C18H20N2O3. The largest absolute Gasteiger partial charge is 0.480 e. The summed E-state index contributed by atoms with van der Waals surface area (Å²) in [4.78, 5) is 25.6. The molecule has 2 aromatic rings. The maximum Gasteiger partial charge on any atom is 0.326 e. The average Bonchev–Trinajstić information content (AvgIpc) is 2.55. The lowest BCUT2D eigenvalue weighted by Crippen LogP contribution is -2.42. The Hall–Kier alpha value is -2.82. The van der Waals surface area contributed by atoms with Crippen LogP contribution in [0.2, 0.25) is 0 Å². The zero-order valence-corrected chi connectivity index (χ0v) is 13.2. The first-order valence-electron chi connectivity index (χ1n) is 7.32. The summed E-state index contributed by atoms with van der Waals surface area (Å²) in [7, 11) is 3.76. The van der Waals surface area contributed by atoms with Gasteiger partial charge in [0.25, 0.3) is 5.91 Å². The van der Waals surface area contributed by atoms with E-state index in [1.807, 2.05) is 55.4 Å². The molecule has 5 nitrogen and oxygen atoms in total. The van der Waals surface area contributed by atoms with Crippen LogP contribution >= 0.6 is 0 Å². The van der Waals surface area contributed by atoms with E-state index in [2.05, 4.69) is 5.32 Å². The van der Waals surface area contributed by atoms with Gasteiger partial charge in [-0.15, -0.1) is 0 Å². The van der Waals surface area contributed by atoms with Crippen molar-refractivity contribution in [1.29, 1.82) is 0 Å². The fraction of sp³-hybridized carbons (Fsp3) is 0.222. The maximum absolute atomic E-state index is 12.3. The van der Waals surface area contributed by atoms with Crippen LogP contribution in [0, 0.1) is 0 Å². The van der Waals surface area contributed by atoms with E-state index in [9.17, 15) is 14.7 Å². The second-order valence-electron chi connectivity index (χ2n) is 5.50. The third-order valence-electron chi connectivity index (χ3n) is 3.51. The molecular weight excluding hydrogens is 292 g/mol. The molecule has 5 heteroatoms. The SMILES string of the molecule is CN(C)c1cccc(C(=O)N[C@@H](Cc2ccccc2)C(=O)O)c1. The Morgan fingerprint density at radius 2 is 1.78 bits per heavy atom. The Morgan fingerprint density at radius 3 is 2.39 bits per heavy atom. The number of benzene rings is 2. The number of carbonyl (C=O) groups excluding carboxylic acids is 1. The highest BCUT2D eigenvalue weighted by atomic mass is 16.4. The molecule has 0 aromatic heterocycles.